The van der Waals surface area contributed by atoms with E-state index < -0.39 is 0 Å². The number of nitrogens with zero attached hydrogens (tertiary/aromatic N) is 1. The summed E-state index contributed by atoms with van der Waals surface area (Å²) in [7, 11) is 0. The predicted molar refractivity (Wildman–Crippen MR) is 200 cm³/mol. The molecule has 0 bridgehead atoms. The van der Waals surface area contributed by atoms with E-state index in [1.165, 1.54) is 55.3 Å². The van der Waals surface area contributed by atoms with Crippen LogP contribution in [0.5, 0.6) is 0 Å². The number of hydrogen-bond acceptors (Lipinski definition) is 1. The van der Waals surface area contributed by atoms with Crippen LogP contribution in [-0.2, 0) is 0 Å². The highest BCUT2D eigenvalue weighted by Crippen LogP contribution is 2.34. The van der Waals surface area contributed by atoms with Crippen molar-refractivity contribution < 1.29 is 0 Å². The molecule has 4 aromatic carbocycles. The number of allylic oxidation sites excluding steroid dienone is 8. The van der Waals surface area contributed by atoms with E-state index in [1.54, 1.807) is 0 Å². The third-order valence-electron chi connectivity index (χ3n) is 7.43. The van der Waals surface area contributed by atoms with E-state index in [4.69, 9.17) is 0 Å². The third kappa shape index (κ3) is 9.25. The fraction of sp³-hybridized carbons (Fsp3) is 0.233. The van der Waals surface area contributed by atoms with Crippen molar-refractivity contribution in [3.8, 4) is 0 Å². The van der Waals surface area contributed by atoms with Crippen LogP contribution in [0.15, 0.2) is 138 Å². The summed E-state index contributed by atoms with van der Waals surface area (Å²) in [6.07, 6.45) is 8.15. The number of hydrogen-bond donors (Lipinski definition) is 0. The molecule has 0 spiro atoms. The van der Waals surface area contributed by atoms with Crippen LogP contribution in [0.2, 0.25) is 0 Å². The Balaban J connectivity index is 0.000000280. The lowest BCUT2D eigenvalue weighted by atomic mass is 9.89. The molecule has 4 aromatic rings. The predicted octanol–water partition coefficient (Wildman–Crippen LogP) is 13.0. The molecule has 1 aliphatic carbocycles. The first-order valence-corrected chi connectivity index (χ1v) is 15.9. The molecule has 0 unspecified atom stereocenters. The minimum atomic E-state index is 0.796. The number of aryl methyl sites for hydroxylation is 2. The second-order valence-electron chi connectivity index (χ2n) is 10.5. The second kappa shape index (κ2) is 18.2. The van der Waals surface area contributed by atoms with Crippen molar-refractivity contribution >= 4 is 33.3 Å². The molecule has 1 aliphatic rings. The van der Waals surface area contributed by atoms with Gasteiger partial charge in [0, 0.05) is 0 Å². The second-order valence-corrected chi connectivity index (χ2v) is 10.5. The van der Waals surface area contributed by atoms with Gasteiger partial charge in [-0.05, 0) is 103 Å². The number of benzene rings is 4. The van der Waals surface area contributed by atoms with E-state index in [9.17, 15) is 0 Å². The van der Waals surface area contributed by atoms with Crippen LogP contribution >= 0.6 is 0 Å². The summed E-state index contributed by atoms with van der Waals surface area (Å²) in [6.45, 7) is 25.1. The Kier molecular flexibility index (Phi) is 14.8. The smallest absolute Gasteiger partial charge is 0.0708 e. The van der Waals surface area contributed by atoms with Gasteiger partial charge in [-0.3, -0.25) is 0 Å². The summed E-state index contributed by atoms with van der Waals surface area (Å²) in [5.74, 6) is 0. The van der Waals surface area contributed by atoms with Crippen LogP contribution in [0.4, 0.5) is 0 Å². The normalized spacial score (nSPS) is 13.0. The molecule has 0 amide bonds. The Morgan fingerprint density at radius 1 is 0.591 bits per heavy atom. The van der Waals surface area contributed by atoms with Crippen molar-refractivity contribution in [3.63, 3.8) is 0 Å². The standard InChI is InChI=1S/C22H22.C17H17N.2C2H6/c1-15-9-5-7-11-20(15)17(3)18(4)22-16(2)13-14-19-10-6-8-12-21(19)22;1-13(2)16-11-7-8-12-17(16)18-14(3)15-9-5-4-6-10-15;2*1-2/h5-14H,1-4H3;4-12H,3H2,1-2H3;2*1-2H3/b18-17+;;;. The average molecular weight is 582 g/mol. The van der Waals surface area contributed by atoms with E-state index in [2.05, 4.69) is 120 Å². The molecule has 0 saturated heterocycles. The largest absolute Gasteiger partial charge is 0.248 e. The van der Waals surface area contributed by atoms with Crippen molar-refractivity contribution in [2.75, 3.05) is 0 Å². The van der Waals surface area contributed by atoms with Gasteiger partial charge in [0.25, 0.3) is 0 Å². The molecule has 5 rings (SSSR count). The van der Waals surface area contributed by atoms with E-state index in [0.717, 1.165) is 17.0 Å². The zero-order valence-electron chi connectivity index (χ0n) is 28.6. The Bertz CT molecular complexity index is 1680. The van der Waals surface area contributed by atoms with Gasteiger partial charge in [-0.2, -0.15) is 0 Å². The first kappa shape index (κ1) is 35.7. The van der Waals surface area contributed by atoms with Gasteiger partial charge in [-0.1, -0.05) is 149 Å². The van der Waals surface area contributed by atoms with Crippen molar-refractivity contribution in [3.05, 3.63) is 161 Å². The van der Waals surface area contributed by atoms with Crippen LogP contribution < -0.4 is 0 Å². The first-order chi connectivity index (χ1) is 21.3. The van der Waals surface area contributed by atoms with Gasteiger partial charge in [0.2, 0.25) is 0 Å². The van der Waals surface area contributed by atoms with Crippen molar-refractivity contribution in [1.29, 1.82) is 0 Å². The molecular formula is C43H51N. The summed E-state index contributed by atoms with van der Waals surface area (Å²) in [6, 6.07) is 31.8. The molecule has 0 fully saturated rings. The van der Waals surface area contributed by atoms with Crippen LogP contribution in [0.3, 0.4) is 0 Å². The summed E-state index contributed by atoms with van der Waals surface area (Å²) < 4.78 is 0. The summed E-state index contributed by atoms with van der Waals surface area (Å²) in [4.78, 5) is 4.64. The molecule has 0 radical (unpaired) electrons. The molecular weight excluding hydrogens is 530 g/mol. The van der Waals surface area contributed by atoms with E-state index in [1.807, 2.05) is 76.3 Å². The SMILES string of the molecule is C/C(=C(/C)c1c(C)ccc2ccccc12)c1ccccc1C.C=C(N=C1C=CC=CC1=C(C)C)c1ccccc1.CC.CC. The molecule has 0 atom stereocenters. The van der Waals surface area contributed by atoms with Gasteiger partial charge in [0.1, 0.15) is 0 Å². The van der Waals surface area contributed by atoms with Gasteiger partial charge >= 0.3 is 0 Å². The molecule has 0 aliphatic heterocycles. The lowest BCUT2D eigenvalue weighted by Crippen LogP contribution is -2.02. The molecule has 228 valence electrons. The van der Waals surface area contributed by atoms with Gasteiger partial charge in [0.15, 0.2) is 0 Å². The third-order valence-corrected chi connectivity index (χ3v) is 7.43. The Hall–Kier alpha value is -4.49. The molecule has 1 nitrogen and oxygen atoms in total. The molecule has 0 N–H and O–H groups in total. The highest BCUT2D eigenvalue weighted by atomic mass is 14.8. The number of rotatable bonds is 4. The van der Waals surface area contributed by atoms with Gasteiger partial charge in [0.05, 0.1) is 11.4 Å². The summed E-state index contributed by atoms with van der Waals surface area (Å²) in [5, 5.41) is 2.65. The van der Waals surface area contributed by atoms with Crippen LogP contribution in [0.25, 0.3) is 27.6 Å². The van der Waals surface area contributed by atoms with Crippen molar-refractivity contribution in [2.24, 2.45) is 4.99 Å². The van der Waals surface area contributed by atoms with Crippen molar-refractivity contribution in [2.45, 2.75) is 69.2 Å². The van der Waals surface area contributed by atoms with E-state index >= 15 is 0 Å². The highest BCUT2D eigenvalue weighted by molar-refractivity contribution is 6.13. The fourth-order valence-corrected chi connectivity index (χ4v) is 5.10. The monoisotopic (exact) mass is 581 g/mol. The highest BCUT2D eigenvalue weighted by Gasteiger charge is 2.11. The number of aliphatic imine (C=N–C) groups is 1. The maximum atomic E-state index is 4.64. The van der Waals surface area contributed by atoms with Gasteiger partial charge in [-0.15, -0.1) is 0 Å². The van der Waals surface area contributed by atoms with E-state index in [0.29, 0.717) is 0 Å². The lowest BCUT2D eigenvalue weighted by molar-refractivity contribution is 1.35. The minimum Gasteiger partial charge on any atom is -0.248 e. The molecule has 0 heterocycles. The van der Waals surface area contributed by atoms with Gasteiger partial charge in [-0.25, -0.2) is 4.99 Å². The Morgan fingerprint density at radius 2 is 1.18 bits per heavy atom. The zero-order chi connectivity index (χ0) is 32.6. The topological polar surface area (TPSA) is 12.4 Å². The van der Waals surface area contributed by atoms with Crippen LogP contribution in [-0.4, -0.2) is 5.71 Å². The zero-order valence-corrected chi connectivity index (χ0v) is 28.6. The quantitative estimate of drug-likeness (QED) is 0.213. The maximum absolute atomic E-state index is 4.64. The Morgan fingerprint density at radius 3 is 1.84 bits per heavy atom. The molecule has 0 saturated carbocycles. The van der Waals surface area contributed by atoms with Crippen molar-refractivity contribution in [1.82, 2.24) is 0 Å². The maximum Gasteiger partial charge on any atom is 0.0708 e. The number of fused-ring (bicyclic) bond motifs is 1. The van der Waals surface area contributed by atoms with Crippen LogP contribution in [0.1, 0.15) is 83.2 Å². The summed E-state index contributed by atoms with van der Waals surface area (Å²) in [5.41, 5.74) is 13.4. The lowest BCUT2D eigenvalue weighted by Gasteiger charge is -2.16. The summed E-state index contributed by atoms with van der Waals surface area (Å²) >= 11 is 0. The Labute approximate surface area is 267 Å². The van der Waals surface area contributed by atoms with E-state index in [-0.39, 0.29) is 0 Å². The first-order valence-electron chi connectivity index (χ1n) is 15.9. The fourth-order valence-electron chi connectivity index (χ4n) is 5.10. The van der Waals surface area contributed by atoms with Gasteiger partial charge < -0.3 is 0 Å². The van der Waals surface area contributed by atoms with Crippen LogP contribution in [0, 0.1) is 13.8 Å². The molecule has 1 heteroatoms. The average Bonchev–Trinajstić information content (AvgIpc) is 3.07. The molecule has 0 aromatic heterocycles. The minimum absolute atomic E-state index is 0.796. The molecule has 44 heavy (non-hydrogen) atoms.